The second kappa shape index (κ2) is 5.47. The lowest BCUT2D eigenvalue weighted by molar-refractivity contribution is 0.429. The minimum Gasteiger partial charge on any atom is -0.313 e. The van der Waals surface area contributed by atoms with Gasteiger partial charge in [-0.05, 0) is 32.4 Å². The molecule has 1 atom stereocenters. The van der Waals surface area contributed by atoms with E-state index in [-0.39, 0.29) is 0 Å². The Hall–Kier alpha value is -0.610. The topological polar surface area (TPSA) is 37.8 Å². The second-order valence-corrected chi connectivity index (χ2v) is 4.93. The Balaban J connectivity index is 1.81. The smallest absolute Gasteiger partial charge is 0.187 e. The molecule has 0 saturated carbocycles. The molecule has 2 rings (SSSR count). The van der Waals surface area contributed by atoms with Gasteiger partial charge in [0.25, 0.3) is 0 Å². The summed E-state index contributed by atoms with van der Waals surface area (Å²) in [6, 6.07) is 2.58. The predicted octanol–water partition coefficient (Wildman–Crippen LogP) is 2.02. The molecule has 1 aliphatic rings. The molecule has 1 saturated heterocycles. The number of piperidine rings is 1. The van der Waals surface area contributed by atoms with Gasteiger partial charge in [0.15, 0.2) is 5.16 Å². The molecule has 4 heteroatoms. The number of thioether (sulfide) groups is 1. The molecule has 0 bridgehead atoms. The second-order valence-electron chi connectivity index (χ2n) is 3.94. The summed E-state index contributed by atoms with van der Waals surface area (Å²) in [6.45, 7) is 3.17. The first-order valence-electron chi connectivity index (χ1n) is 5.50. The van der Waals surface area contributed by atoms with Crippen LogP contribution in [0.15, 0.2) is 17.4 Å². The highest BCUT2D eigenvalue weighted by molar-refractivity contribution is 7.99. The Morgan fingerprint density at radius 3 is 3.20 bits per heavy atom. The summed E-state index contributed by atoms with van der Waals surface area (Å²) in [5, 5.41) is 4.43. The first kappa shape index (κ1) is 10.9. The molecule has 0 amide bonds. The highest BCUT2D eigenvalue weighted by Gasteiger charge is 2.13. The molecule has 1 fully saturated rings. The fourth-order valence-corrected chi connectivity index (χ4v) is 2.72. The minimum absolute atomic E-state index is 0.646. The van der Waals surface area contributed by atoms with E-state index in [9.17, 15) is 0 Å². The van der Waals surface area contributed by atoms with E-state index in [2.05, 4.69) is 15.3 Å². The van der Waals surface area contributed by atoms with E-state index < -0.39 is 0 Å². The van der Waals surface area contributed by atoms with Crippen molar-refractivity contribution in [1.82, 2.24) is 15.3 Å². The molecule has 0 aliphatic carbocycles. The van der Waals surface area contributed by atoms with Gasteiger partial charge in [0.05, 0.1) is 0 Å². The van der Waals surface area contributed by atoms with Gasteiger partial charge in [-0.1, -0.05) is 18.2 Å². The van der Waals surface area contributed by atoms with Gasteiger partial charge in [-0.2, -0.15) is 0 Å². The first-order chi connectivity index (χ1) is 7.34. The van der Waals surface area contributed by atoms with Crippen molar-refractivity contribution in [2.24, 2.45) is 0 Å². The zero-order valence-corrected chi connectivity index (χ0v) is 9.89. The molecule has 1 unspecified atom stereocenters. The van der Waals surface area contributed by atoms with E-state index in [4.69, 9.17) is 0 Å². The number of hydrogen-bond donors (Lipinski definition) is 1. The van der Waals surface area contributed by atoms with Crippen molar-refractivity contribution in [3.63, 3.8) is 0 Å². The third-order valence-electron chi connectivity index (χ3n) is 2.60. The van der Waals surface area contributed by atoms with E-state index in [0.29, 0.717) is 6.04 Å². The van der Waals surface area contributed by atoms with Crippen LogP contribution in [0.25, 0.3) is 0 Å². The van der Waals surface area contributed by atoms with Gasteiger partial charge >= 0.3 is 0 Å². The monoisotopic (exact) mass is 223 g/mol. The number of nitrogens with zero attached hydrogens (tertiary/aromatic N) is 2. The summed E-state index contributed by atoms with van der Waals surface area (Å²) >= 11 is 1.76. The van der Waals surface area contributed by atoms with Gasteiger partial charge in [0, 0.05) is 23.7 Å². The molecule has 0 radical (unpaired) electrons. The Labute approximate surface area is 95.1 Å². The normalized spacial score (nSPS) is 21.5. The van der Waals surface area contributed by atoms with Crippen LogP contribution in [-0.4, -0.2) is 28.3 Å². The maximum Gasteiger partial charge on any atom is 0.187 e. The molecule has 1 N–H and O–H groups in total. The summed E-state index contributed by atoms with van der Waals surface area (Å²) in [6.07, 6.45) is 5.80. The summed E-state index contributed by atoms with van der Waals surface area (Å²) in [7, 11) is 0. The zero-order valence-electron chi connectivity index (χ0n) is 9.07. The Kier molecular flexibility index (Phi) is 3.97. The number of rotatable bonds is 3. The lowest BCUT2D eigenvalue weighted by Gasteiger charge is -2.22. The quantitative estimate of drug-likeness (QED) is 0.628. The third-order valence-corrected chi connectivity index (χ3v) is 3.62. The SMILES string of the molecule is Cc1ccnc(SCC2CCCCN2)n1. The van der Waals surface area contributed by atoms with Crippen LogP contribution in [0.2, 0.25) is 0 Å². The zero-order chi connectivity index (χ0) is 10.5. The lowest BCUT2D eigenvalue weighted by Crippen LogP contribution is -2.35. The van der Waals surface area contributed by atoms with Crippen molar-refractivity contribution in [1.29, 1.82) is 0 Å². The van der Waals surface area contributed by atoms with Crippen LogP contribution >= 0.6 is 11.8 Å². The van der Waals surface area contributed by atoms with Crippen molar-refractivity contribution in [3.05, 3.63) is 18.0 Å². The average molecular weight is 223 g/mol. The van der Waals surface area contributed by atoms with Crippen LogP contribution in [-0.2, 0) is 0 Å². The van der Waals surface area contributed by atoms with Gasteiger partial charge in [-0.3, -0.25) is 0 Å². The molecular formula is C11H17N3S. The van der Waals surface area contributed by atoms with E-state index in [1.54, 1.807) is 11.8 Å². The van der Waals surface area contributed by atoms with E-state index in [0.717, 1.165) is 16.6 Å². The van der Waals surface area contributed by atoms with Gasteiger partial charge in [0.2, 0.25) is 0 Å². The minimum atomic E-state index is 0.646. The fraction of sp³-hybridized carbons (Fsp3) is 0.636. The average Bonchev–Trinajstić information content (AvgIpc) is 2.28. The summed E-state index contributed by atoms with van der Waals surface area (Å²) in [4.78, 5) is 8.63. The predicted molar refractivity (Wildman–Crippen MR) is 63.1 cm³/mol. The molecule has 1 aromatic rings. The molecule has 3 nitrogen and oxygen atoms in total. The molecule has 82 valence electrons. The standard InChI is InChI=1S/C11H17N3S/c1-9-5-7-13-11(14-9)15-8-10-4-2-3-6-12-10/h5,7,10,12H,2-4,6,8H2,1H3. The van der Waals surface area contributed by atoms with Crippen molar-refractivity contribution in [3.8, 4) is 0 Å². The van der Waals surface area contributed by atoms with Crippen molar-refractivity contribution >= 4 is 11.8 Å². The van der Waals surface area contributed by atoms with Gasteiger partial charge in [-0.25, -0.2) is 9.97 Å². The number of hydrogen-bond acceptors (Lipinski definition) is 4. The van der Waals surface area contributed by atoms with Crippen LogP contribution < -0.4 is 5.32 Å². The maximum atomic E-state index is 4.38. The van der Waals surface area contributed by atoms with Crippen LogP contribution in [0.4, 0.5) is 0 Å². The van der Waals surface area contributed by atoms with Gasteiger partial charge < -0.3 is 5.32 Å². The molecule has 0 spiro atoms. The Morgan fingerprint density at radius 2 is 2.47 bits per heavy atom. The van der Waals surface area contributed by atoms with Crippen LogP contribution in [0.5, 0.6) is 0 Å². The first-order valence-corrected chi connectivity index (χ1v) is 6.49. The van der Waals surface area contributed by atoms with Crippen LogP contribution in [0, 0.1) is 6.92 Å². The highest BCUT2D eigenvalue weighted by Crippen LogP contribution is 2.17. The lowest BCUT2D eigenvalue weighted by atomic mass is 10.1. The van der Waals surface area contributed by atoms with Crippen LogP contribution in [0.1, 0.15) is 25.0 Å². The largest absolute Gasteiger partial charge is 0.313 e. The molecule has 2 heterocycles. The highest BCUT2D eigenvalue weighted by atomic mass is 32.2. The van der Waals surface area contributed by atoms with E-state index >= 15 is 0 Å². The fourth-order valence-electron chi connectivity index (χ4n) is 1.74. The Morgan fingerprint density at radius 1 is 1.53 bits per heavy atom. The molecule has 15 heavy (non-hydrogen) atoms. The summed E-state index contributed by atoms with van der Waals surface area (Å²) in [5.41, 5.74) is 1.05. The molecule has 1 aliphatic heterocycles. The van der Waals surface area contributed by atoms with Crippen molar-refractivity contribution in [2.45, 2.75) is 37.4 Å². The van der Waals surface area contributed by atoms with E-state index in [1.165, 1.54) is 25.8 Å². The number of nitrogens with one attached hydrogen (secondary N) is 1. The number of aromatic nitrogens is 2. The van der Waals surface area contributed by atoms with Crippen molar-refractivity contribution < 1.29 is 0 Å². The third kappa shape index (κ3) is 3.47. The molecule has 1 aromatic heterocycles. The number of aryl methyl sites for hydroxylation is 1. The van der Waals surface area contributed by atoms with Gasteiger partial charge in [-0.15, -0.1) is 0 Å². The van der Waals surface area contributed by atoms with Crippen molar-refractivity contribution in [2.75, 3.05) is 12.3 Å². The summed E-state index contributed by atoms with van der Waals surface area (Å²) < 4.78 is 0. The van der Waals surface area contributed by atoms with E-state index in [1.807, 2.05) is 19.2 Å². The maximum absolute atomic E-state index is 4.38. The molecular weight excluding hydrogens is 206 g/mol. The molecule has 0 aromatic carbocycles. The van der Waals surface area contributed by atoms with Gasteiger partial charge in [0.1, 0.15) is 0 Å². The Bertz CT molecular complexity index is 310. The van der Waals surface area contributed by atoms with Crippen LogP contribution in [0.3, 0.4) is 0 Å². The summed E-state index contributed by atoms with van der Waals surface area (Å²) in [5.74, 6) is 1.09.